The minimum absolute atomic E-state index is 0.362. The number of hydrogen-bond acceptors (Lipinski definition) is 3. The van der Waals surface area contributed by atoms with Gasteiger partial charge in [-0.15, -0.1) is 0 Å². The van der Waals surface area contributed by atoms with Crippen molar-refractivity contribution >= 4 is 27.9 Å². The highest BCUT2D eigenvalue weighted by atomic mass is 79.9. The Morgan fingerprint density at radius 2 is 2.12 bits per heavy atom. The van der Waals surface area contributed by atoms with Crippen molar-refractivity contribution in [2.24, 2.45) is 0 Å². The summed E-state index contributed by atoms with van der Waals surface area (Å²) in [7, 11) is 1.76. The van der Waals surface area contributed by atoms with Crippen LogP contribution in [0.15, 0.2) is 22.7 Å². The van der Waals surface area contributed by atoms with E-state index in [1.807, 2.05) is 18.2 Å². The van der Waals surface area contributed by atoms with E-state index >= 15 is 0 Å². The van der Waals surface area contributed by atoms with Crippen LogP contribution in [-0.4, -0.2) is 32.6 Å². The molecule has 0 saturated carbocycles. The molecular weight excluding hydrogens is 282 g/mol. The summed E-state index contributed by atoms with van der Waals surface area (Å²) in [6.07, 6.45) is 3.32. The number of nitrogens with zero attached hydrogens (tertiary/aromatic N) is 1. The van der Waals surface area contributed by atoms with Crippen molar-refractivity contribution in [3.8, 4) is 0 Å². The summed E-state index contributed by atoms with van der Waals surface area (Å²) in [6, 6.07) is 5.84. The van der Waals surface area contributed by atoms with E-state index < -0.39 is 0 Å². The van der Waals surface area contributed by atoms with Crippen molar-refractivity contribution in [3.63, 3.8) is 0 Å². The molecule has 3 nitrogen and oxygen atoms in total. The summed E-state index contributed by atoms with van der Waals surface area (Å²) in [5.41, 5.74) is 1.77. The van der Waals surface area contributed by atoms with Crippen LogP contribution in [-0.2, 0) is 4.74 Å². The van der Waals surface area contributed by atoms with Crippen LogP contribution in [0.3, 0.4) is 0 Å². The molecule has 1 aliphatic rings. The molecule has 0 aliphatic carbocycles. The third-order valence-electron chi connectivity index (χ3n) is 3.23. The lowest BCUT2D eigenvalue weighted by molar-refractivity contribution is 0.0819. The second-order valence-electron chi connectivity index (χ2n) is 4.24. The van der Waals surface area contributed by atoms with E-state index in [1.165, 1.54) is 0 Å². The Balaban J connectivity index is 2.15. The molecule has 4 heteroatoms. The van der Waals surface area contributed by atoms with Gasteiger partial charge < -0.3 is 9.64 Å². The first-order chi connectivity index (χ1) is 8.24. The summed E-state index contributed by atoms with van der Waals surface area (Å²) in [6.45, 7) is 1.89. The zero-order chi connectivity index (χ0) is 12.3. The SMILES string of the molecule is COC1CCN(c2ccc(Br)cc2C=O)CC1. The molecule has 0 unspecified atom stereocenters. The number of methoxy groups -OCH3 is 1. The van der Waals surface area contributed by atoms with Gasteiger partial charge >= 0.3 is 0 Å². The molecule has 1 heterocycles. The van der Waals surface area contributed by atoms with Crippen molar-refractivity contribution in [3.05, 3.63) is 28.2 Å². The molecule has 1 aromatic rings. The van der Waals surface area contributed by atoms with Crippen LogP contribution < -0.4 is 4.90 Å². The molecule has 0 N–H and O–H groups in total. The lowest BCUT2D eigenvalue weighted by atomic mass is 10.1. The molecule has 0 atom stereocenters. The van der Waals surface area contributed by atoms with E-state index in [2.05, 4.69) is 20.8 Å². The minimum atomic E-state index is 0.362. The van der Waals surface area contributed by atoms with Gasteiger partial charge in [0.05, 0.1) is 6.10 Å². The summed E-state index contributed by atoms with van der Waals surface area (Å²) >= 11 is 3.38. The molecule has 0 bridgehead atoms. The molecule has 92 valence electrons. The quantitative estimate of drug-likeness (QED) is 0.804. The Morgan fingerprint density at radius 3 is 2.71 bits per heavy atom. The lowest BCUT2D eigenvalue weighted by Gasteiger charge is -2.33. The molecule has 0 amide bonds. The van der Waals surface area contributed by atoms with Crippen molar-refractivity contribution in [1.82, 2.24) is 0 Å². The van der Waals surface area contributed by atoms with Gasteiger partial charge in [-0.2, -0.15) is 0 Å². The number of ether oxygens (including phenoxy) is 1. The highest BCUT2D eigenvalue weighted by Gasteiger charge is 2.20. The van der Waals surface area contributed by atoms with Crippen LogP contribution in [0.4, 0.5) is 5.69 Å². The highest BCUT2D eigenvalue weighted by molar-refractivity contribution is 9.10. The number of carbonyl (C=O) groups excluding carboxylic acids is 1. The van der Waals surface area contributed by atoms with Crippen molar-refractivity contribution in [1.29, 1.82) is 0 Å². The first-order valence-corrected chi connectivity index (χ1v) is 6.56. The molecule has 1 saturated heterocycles. The number of aldehydes is 1. The monoisotopic (exact) mass is 297 g/mol. The predicted molar refractivity (Wildman–Crippen MR) is 71.8 cm³/mol. The maximum Gasteiger partial charge on any atom is 0.152 e. The summed E-state index contributed by atoms with van der Waals surface area (Å²) in [5, 5.41) is 0. The Bertz CT molecular complexity index is 400. The molecule has 2 rings (SSSR count). The van der Waals surface area contributed by atoms with E-state index in [-0.39, 0.29) is 0 Å². The smallest absolute Gasteiger partial charge is 0.152 e. The number of rotatable bonds is 3. The highest BCUT2D eigenvalue weighted by Crippen LogP contribution is 2.26. The van der Waals surface area contributed by atoms with Crippen molar-refractivity contribution < 1.29 is 9.53 Å². The standard InChI is InChI=1S/C13H16BrNO2/c1-17-12-4-6-15(7-5-12)13-3-2-11(14)8-10(13)9-16/h2-3,8-9,12H,4-7H2,1H3. The molecule has 17 heavy (non-hydrogen) atoms. The van der Waals surface area contributed by atoms with Gasteiger partial charge in [-0.25, -0.2) is 0 Å². The second kappa shape index (κ2) is 5.65. The van der Waals surface area contributed by atoms with Gasteiger partial charge in [-0.1, -0.05) is 15.9 Å². The average molecular weight is 298 g/mol. The zero-order valence-corrected chi connectivity index (χ0v) is 11.4. The molecule has 0 spiro atoms. The van der Waals surface area contributed by atoms with Crippen LogP contribution in [0, 0.1) is 0 Å². The zero-order valence-electron chi connectivity index (χ0n) is 9.86. The van der Waals surface area contributed by atoms with Gasteiger partial charge in [-0.05, 0) is 31.0 Å². The second-order valence-corrected chi connectivity index (χ2v) is 5.16. The Labute approximate surface area is 110 Å². The maximum absolute atomic E-state index is 11.1. The summed E-state index contributed by atoms with van der Waals surface area (Å²) in [5.74, 6) is 0. The van der Waals surface area contributed by atoms with Gasteiger partial charge in [0.1, 0.15) is 0 Å². The number of benzene rings is 1. The fourth-order valence-corrected chi connectivity index (χ4v) is 2.62. The van der Waals surface area contributed by atoms with Gasteiger partial charge in [0, 0.05) is 35.9 Å². The summed E-state index contributed by atoms with van der Waals surface area (Å²) < 4.78 is 6.29. The van der Waals surface area contributed by atoms with E-state index in [4.69, 9.17) is 4.74 Å². The lowest BCUT2D eigenvalue weighted by Crippen LogP contribution is -2.37. The fraction of sp³-hybridized carbons (Fsp3) is 0.462. The summed E-state index contributed by atoms with van der Waals surface area (Å²) in [4.78, 5) is 13.3. The van der Waals surface area contributed by atoms with E-state index in [1.54, 1.807) is 7.11 Å². The number of halogens is 1. The van der Waals surface area contributed by atoms with Crippen molar-refractivity contribution in [2.45, 2.75) is 18.9 Å². The molecular formula is C13H16BrNO2. The largest absolute Gasteiger partial charge is 0.381 e. The van der Waals surface area contributed by atoms with Gasteiger partial charge in [0.2, 0.25) is 0 Å². The maximum atomic E-state index is 11.1. The van der Waals surface area contributed by atoms with Crippen LogP contribution in [0.1, 0.15) is 23.2 Å². The fourth-order valence-electron chi connectivity index (χ4n) is 2.24. The number of anilines is 1. The molecule has 1 fully saturated rings. The number of hydrogen-bond donors (Lipinski definition) is 0. The third kappa shape index (κ3) is 2.87. The average Bonchev–Trinajstić information content (AvgIpc) is 2.39. The van der Waals surface area contributed by atoms with Gasteiger partial charge in [0.15, 0.2) is 6.29 Å². The molecule has 0 aromatic heterocycles. The van der Waals surface area contributed by atoms with Gasteiger partial charge in [0.25, 0.3) is 0 Å². The first kappa shape index (κ1) is 12.6. The Hall–Kier alpha value is -0.870. The minimum Gasteiger partial charge on any atom is -0.381 e. The topological polar surface area (TPSA) is 29.5 Å². The Kier molecular flexibility index (Phi) is 4.18. The van der Waals surface area contributed by atoms with Crippen LogP contribution in [0.25, 0.3) is 0 Å². The van der Waals surface area contributed by atoms with Crippen LogP contribution >= 0.6 is 15.9 Å². The normalized spacial score (nSPS) is 17.2. The first-order valence-electron chi connectivity index (χ1n) is 5.77. The van der Waals surface area contributed by atoms with E-state index in [9.17, 15) is 4.79 Å². The van der Waals surface area contributed by atoms with Gasteiger partial charge in [-0.3, -0.25) is 4.79 Å². The van der Waals surface area contributed by atoms with Crippen LogP contribution in [0.2, 0.25) is 0 Å². The molecule has 1 aliphatic heterocycles. The molecule has 0 radical (unpaired) electrons. The van der Waals surface area contributed by atoms with E-state index in [0.717, 1.165) is 47.9 Å². The van der Waals surface area contributed by atoms with E-state index in [0.29, 0.717) is 6.10 Å². The van der Waals surface area contributed by atoms with Crippen LogP contribution in [0.5, 0.6) is 0 Å². The Morgan fingerprint density at radius 1 is 1.41 bits per heavy atom. The predicted octanol–water partition coefficient (Wildman–Crippen LogP) is 2.88. The molecule has 1 aromatic carbocycles. The van der Waals surface area contributed by atoms with Crippen molar-refractivity contribution in [2.75, 3.05) is 25.1 Å². The number of piperidine rings is 1. The third-order valence-corrected chi connectivity index (χ3v) is 3.73. The number of carbonyl (C=O) groups is 1.